The highest BCUT2D eigenvalue weighted by Crippen LogP contribution is 2.33. The van der Waals surface area contributed by atoms with E-state index in [1.165, 1.54) is 0 Å². The summed E-state index contributed by atoms with van der Waals surface area (Å²) in [5.41, 5.74) is 7.14. The number of carbonyl (C=O) groups excluding carboxylic acids is 1. The zero-order valence-corrected chi connectivity index (χ0v) is 15.7. The summed E-state index contributed by atoms with van der Waals surface area (Å²) < 4.78 is 10.7. The fourth-order valence-corrected chi connectivity index (χ4v) is 2.53. The van der Waals surface area contributed by atoms with Crippen LogP contribution in [0.1, 0.15) is 36.2 Å². The maximum Gasteiger partial charge on any atom is 0.251 e. The van der Waals surface area contributed by atoms with Crippen LogP contribution < -0.4 is 20.5 Å². The van der Waals surface area contributed by atoms with Gasteiger partial charge in [-0.2, -0.15) is 0 Å². The van der Waals surface area contributed by atoms with Crippen LogP contribution in [-0.4, -0.2) is 32.7 Å². The fourth-order valence-electron chi connectivity index (χ4n) is 2.53. The van der Waals surface area contributed by atoms with E-state index in [2.05, 4.69) is 25.7 Å². The van der Waals surface area contributed by atoms with Gasteiger partial charge in [-0.25, -0.2) is 0 Å². The largest absolute Gasteiger partial charge is 0.493 e. The molecule has 1 aromatic carbocycles. The third kappa shape index (κ3) is 6.06. The molecule has 1 amide bonds. The monoisotopic (exact) mass is 356 g/mol. The van der Waals surface area contributed by atoms with Crippen molar-refractivity contribution in [2.24, 2.45) is 11.7 Å². The fraction of sp³-hybridized carbons (Fsp3) is 0.500. The van der Waals surface area contributed by atoms with E-state index < -0.39 is 0 Å². The highest BCUT2D eigenvalue weighted by molar-refractivity contribution is 5.95. The molecule has 0 radical (unpaired) electrons. The molecule has 24 heavy (non-hydrogen) atoms. The van der Waals surface area contributed by atoms with Crippen molar-refractivity contribution in [2.45, 2.75) is 32.7 Å². The third-order valence-electron chi connectivity index (χ3n) is 3.56. The van der Waals surface area contributed by atoms with E-state index >= 15 is 0 Å². The SMILES string of the molecule is C=CCc1cc(C(=O)NC(CN)CC(C)C)cc(OC)c1OC.Cl. The number of amides is 1. The van der Waals surface area contributed by atoms with Crippen LogP contribution >= 0.6 is 12.4 Å². The molecule has 0 aliphatic rings. The molecule has 0 aromatic heterocycles. The second-order valence-corrected chi connectivity index (χ2v) is 5.90. The van der Waals surface area contributed by atoms with Gasteiger partial charge in [0.05, 0.1) is 14.2 Å². The van der Waals surface area contributed by atoms with Crippen molar-refractivity contribution in [1.82, 2.24) is 5.32 Å². The number of rotatable bonds is 9. The van der Waals surface area contributed by atoms with Gasteiger partial charge in [0.15, 0.2) is 11.5 Å². The Morgan fingerprint density at radius 1 is 1.33 bits per heavy atom. The first-order chi connectivity index (χ1) is 11.0. The lowest BCUT2D eigenvalue weighted by molar-refractivity contribution is 0.0933. The predicted octanol–water partition coefficient (Wildman–Crippen LogP) is 2.96. The van der Waals surface area contributed by atoms with E-state index in [-0.39, 0.29) is 24.4 Å². The molecule has 0 spiro atoms. The minimum atomic E-state index is -0.160. The summed E-state index contributed by atoms with van der Waals surface area (Å²) in [7, 11) is 3.13. The van der Waals surface area contributed by atoms with Gasteiger partial charge in [0.2, 0.25) is 0 Å². The van der Waals surface area contributed by atoms with E-state index in [4.69, 9.17) is 15.2 Å². The van der Waals surface area contributed by atoms with E-state index in [1.807, 2.05) is 0 Å². The molecule has 0 aliphatic heterocycles. The highest BCUT2D eigenvalue weighted by Gasteiger charge is 2.18. The van der Waals surface area contributed by atoms with Crippen molar-refractivity contribution >= 4 is 18.3 Å². The standard InChI is InChI=1S/C18H28N2O3.ClH/c1-6-7-13-9-14(10-16(22-4)17(13)23-5)18(21)20-15(11-19)8-12(2)3;/h6,9-10,12,15H,1,7-8,11,19H2,2-5H3,(H,20,21);1H. The number of hydrogen-bond acceptors (Lipinski definition) is 4. The first kappa shape index (κ1) is 22.3. The smallest absolute Gasteiger partial charge is 0.251 e. The van der Waals surface area contributed by atoms with Gasteiger partial charge in [0.1, 0.15) is 0 Å². The van der Waals surface area contributed by atoms with Crippen molar-refractivity contribution in [3.63, 3.8) is 0 Å². The molecule has 0 saturated heterocycles. The molecule has 6 heteroatoms. The molecular weight excluding hydrogens is 328 g/mol. The zero-order chi connectivity index (χ0) is 17.4. The number of benzene rings is 1. The van der Waals surface area contributed by atoms with Crippen LogP contribution in [0.25, 0.3) is 0 Å². The molecular formula is C18H29ClN2O3. The molecule has 1 aromatic rings. The molecule has 1 rings (SSSR count). The summed E-state index contributed by atoms with van der Waals surface area (Å²) in [6.45, 7) is 8.36. The van der Waals surface area contributed by atoms with Gasteiger partial charge in [0.25, 0.3) is 5.91 Å². The molecule has 5 nitrogen and oxygen atoms in total. The maximum absolute atomic E-state index is 12.5. The Balaban J connectivity index is 0.00000529. The molecule has 0 fully saturated rings. The average Bonchev–Trinajstić information content (AvgIpc) is 2.53. The maximum atomic E-state index is 12.5. The predicted molar refractivity (Wildman–Crippen MR) is 100 cm³/mol. The quantitative estimate of drug-likeness (QED) is 0.667. The van der Waals surface area contributed by atoms with Gasteiger partial charge in [-0.05, 0) is 30.9 Å². The summed E-state index contributed by atoms with van der Waals surface area (Å²) in [5, 5.41) is 2.99. The molecule has 136 valence electrons. The van der Waals surface area contributed by atoms with Gasteiger partial charge in [0, 0.05) is 23.7 Å². The van der Waals surface area contributed by atoms with E-state index in [0.717, 1.165) is 12.0 Å². The van der Waals surface area contributed by atoms with Gasteiger partial charge in [-0.3, -0.25) is 4.79 Å². The number of halogens is 1. The molecule has 1 atom stereocenters. The van der Waals surface area contributed by atoms with Crippen LogP contribution in [0.3, 0.4) is 0 Å². The molecule has 0 saturated carbocycles. The second kappa shape index (κ2) is 10.9. The van der Waals surface area contributed by atoms with E-state index in [1.54, 1.807) is 32.4 Å². The van der Waals surface area contributed by atoms with Crippen LogP contribution in [0.4, 0.5) is 0 Å². The molecule has 0 aliphatic carbocycles. The van der Waals surface area contributed by atoms with E-state index in [0.29, 0.717) is 35.9 Å². The Bertz CT molecular complexity index is 547. The minimum Gasteiger partial charge on any atom is -0.493 e. The number of carbonyl (C=O) groups is 1. The summed E-state index contributed by atoms with van der Waals surface area (Å²) in [4.78, 5) is 12.5. The number of nitrogens with one attached hydrogen (secondary N) is 1. The Labute approximate surface area is 151 Å². The van der Waals surface area contributed by atoms with Gasteiger partial charge >= 0.3 is 0 Å². The van der Waals surface area contributed by atoms with Crippen molar-refractivity contribution in [2.75, 3.05) is 20.8 Å². The van der Waals surface area contributed by atoms with Crippen LogP contribution in [0.5, 0.6) is 11.5 Å². The topological polar surface area (TPSA) is 73.6 Å². The molecule has 0 bridgehead atoms. The van der Waals surface area contributed by atoms with Crippen molar-refractivity contribution in [1.29, 1.82) is 0 Å². The van der Waals surface area contributed by atoms with Crippen molar-refractivity contribution in [3.8, 4) is 11.5 Å². The van der Waals surface area contributed by atoms with Gasteiger partial charge in [-0.1, -0.05) is 19.9 Å². The van der Waals surface area contributed by atoms with Gasteiger partial charge < -0.3 is 20.5 Å². The van der Waals surface area contributed by atoms with Crippen molar-refractivity contribution < 1.29 is 14.3 Å². The lowest BCUT2D eigenvalue weighted by Crippen LogP contribution is -2.41. The zero-order valence-electron chi connectivity index (χ0n) is 14.9. The Morgan fingerprint density at radius 3 is 2.46 bits per heavy atom. The minimum absolute atomic E-state index is 0. The Morgan fingerprint density at radius 2 is 2.00 bits per heavy atom. The first-order valence-electron chi connectivity index (χ1n) is 7.83. The number of allylic oxidation sites excluding steroid dienone is 1. The van der Waals surface area contributed by atoms with Crippen LogP contribution in [0, 0.1) is 5.92 Å². The average molecular weight is 357 g/mol. The van der Waals surface area contributed by atoms with Gasteiger partial charge in [-0.15, -0.1) is 19.0 Å². The number of methoxy groups -OCH3 is 2. The third-order valence-corrected chi connectivity index (χ3v) is 3.56. The van der Waals surface area contributed by atoms with Crippen LogP contribution in [-0.2, 0) is 6.42 Å². The summed E-state index contributed by atoms with van der Waals surface area (Å²) in [6.07, 6.45) is 3.20. The number of nitrogens with two attached hydrogens (primary N) is 1. The van der Waals surface area contributed by atoms with Crippen molar-refractivity contribution in [3.05, 3.63) is 35.9 Å². The lowest BCUT2D eigenvalue weighted by atomic mass is 10.0. The highest BCUT2D eigenvalue weighted by atomic mass is 35.5. The number of hydrogen-bond donors (Lipinski definition) is 2. The molecule has 0 heterocycles. The van der Waals surface area contributed by atoms with Crippen LogP contribution in [0.15, 0.2) is 24.8 Å². The first-order valence-corrected chi connectivity index (χ1v) is 7.83. The molecule has 1 unspecified atom stereocenters. The second-order valence-electron chi connectivity index (χ2n) is 5.90. The normalized spacial score (nSPS) is 11.4. The Hall–Kier alpha value is -1.72. The summed E-state index contributed by atoms with van der Waals surface area (Å²) in [5.74, 6) is 1.46. The number of ether oxygens (including phenoxy) is 2. The summed E-state index contributed by atoms with van der Waals surface area (Å²) >= 11 is 0. The molecule has 3 N–H and O–H groups in total. The Kier molecular flexibility index (Phi) is 10.2. The lowest BCUT2D eigenvalue weighted by Gasteiger charge is -2.20. The summed E-state index contributed by atoms with van der Waals surface area (Å²) in [6, 6.07) is 3.45. The van der Waals surface area contributed by atoms with Crippen LogP contribution in [0.2, 0.25) is 0 Å². The van der Waals surface area contributed by atoms with E-state index in [9.17, 15) is 4.79 Å².